The lowest BCUT2D eigenvalue weighted by molar-refractivity contribution is 0.0983. The summed E-state index contributed by atoms with van der Waals surface area (Å²) in [6.07, 6.45) is 7.58. The molecule has 1 unspecified atom stereocenters. The summed E-state index contributed by atoms with van der Waals surface area (Å²) in [6.45, 7) is 0. The summed E-state index contributed by atoms with van der Waals surface area (Å²) < 4.78 is -0.0195. The third-order valence-corrected chi connectivity index (χ3v) is 11.5. The van der Waals surface area contributed by atoms with Gasteiger partial charge in [0.1, 0.15) is 14.4 Å². The summed E-state index contributed by atoms with van der Waals surface area (Å²) in [5, 5.41) is -0.334. The first kappa shape index (κ1) is 23.7. The molecule has 4 rings (SSSR count). The molecule has 1 aliphatic heterocycles. The summed E-state index contributed by atoms with van der Waals surface area (Å²) in [5.41, 5.74) is 2.45. The van der Waals surface area contributed by atoms with Crippen molar-refractivity contribution in [1.82, 2.24) is 15.0 Å². The number of aromatic nitrogens is 3. The predicted octanol–water partition coefficient (Wildman–Crippen LogP) is 6.33. The first-order chi connectivity index (χ1) is 15.8. The molecule has 0 aromatic carbocycles. The second kappa shape index (κ2) is 12.1. The standard InChI is InChI=1S/C24H25N3OS4/c28-22(19-9-1-4-12-25-19)23(20-10-2-5-13-26-20)29-15-7-16-30-24(31-17-8-18-32-24)21-11-3-6-14-27-21/h1-6,9-14,23H,7-8,15-18H2. The van der Waals surface area contributed by atoms with Gasteiger partial charge in [0, 0.05) is 18.6 Å². The molecule has 166 valence electrons. The third-order valence-electron chi connectivity index (χ3n) is 4.83. The zero-order chi connectivity index (χ0) is 22.1. The van der Waals surface area contributed by atoms with Crippen LogP contribution in [0.1, 0.15) is 40.0 Å². The maximum atomic E-state index is 13.1. The van der Waals surface area contributed by atoms with Crippen molar-refractivity contribution in [2.75, 3.05) is 23.0 Å². The summed E-state index contributed by atoms with van der Waals surface area (Å²) in [6, 6.07) is 17.4. The Hall–Kier alpha value is -1.48. The molecule has 4 heterocycles. The van der Waals surface area contributed by atoms with Crippen molar-refractivity contribution in [3.05, 3.63) is 90.3 Å². The highest BCUT2D eigenvalue weighted by atomic mass is 32.3. The zero-order valence-electron chi connectivity index (χ0n) is 17.6. The fourth-order valence-electron chi connectivity index (χ4n) is 3.30. The Balaban J connectivity index is 1.37. The average molecular weight is 500 g/mol. The van der Waals surface area contributed by atoms with E-state index in [1.54, 1.807) is 30.2 Å². The number of nitrogens with zero attached hydrogens (tertiary/aromatic N) is 3. The van der Waals surface area contributed by atoms with E-state index < -0.39 is 0 Å². The van der Waals surface area contributed by atoms with Crippen molar-refractivity contribution in [1.29, 1.82) is 0 Å². The van der Waals surface area contributed by atoms with Crippen molar-refractivity contribution in [2.45, 2.75) is 21.5 Å². The van der Waals surface area contributed by atoms with Crippen LogP contribution in [0.3, 0.4) is 0 Å². The highest BCUT2D eigenvalue weighted by Crippen LogP contribution is 2.57. The Labute approximate surface area is 206 Å². The van der Waals surface area contributed by atoms with Crippen LogP contribution in [-0.2, 0) is 3.41 Å². The third kappa shape index (κ3) is 6.10. The number of carbonyl (C=O) groups is 1. The van der Waals surface area contributed by atoms with E-state index in [0.717, 1.165) is 29.3 Å². The van der Waals surface area contributed by atoms with Crippen LogP contribution in [0.4, 0.5) is 0 Å². The highest BCUT2D eigenvalue weighted by molar-refractivity contribution is 8.33. The van der Waals surface area contributed by atoms with Crippen LogP contribution in [0, 0.1) is 0 Å². The average Bonchev–Trinajstić information content (AvgIpc) is 2.88. The molecule has 1 atom stereocenters. The van der Waals surface area contributed by atoms with Crippen molar-refractivity contribution < 1.29 is 4.79 Å². The van der Waals surface area contributed by atoms with Gasteiger partial charge in [-0.3, -0.25) is 19.7 Å². The molecule has 0 radical (unpaired) electrons. The van der Waals surface area contributed by atoms with Crippen molar-refractivity contribution in [3.8, 4) is 0 Å². The van der Waals surface area contributed by atoms with Gasteiger partial charge in [-0.1, -0.05) is 18.2 Å². The van der Waals surface area contributed by atoms with E-state index in [1.165, 1.54) is 17.9 Å². The maximum Gasteiger partial charge on any atom is 0.200 e. The van der Waals surface area contributed by atoms with Gasteiger partial charge in [0.2, 0.25) is 0 Å². The molecule has 0 aliphatic carbocycles. The molecular formula is C24H25N3OS4. The molecular weight excluding hydrogens is 475 g/mol. The molecule has 1 saturated heterocycles. The molecule has 4 nitrogen and oxygen atoms in total. The topological polar surface area (TPSA) is 55.7 Å². The second-order valence-electron chi connectivity index (χ2n) is 7.11. The molecule has 0 bridgehead atoms. The zero-order valence-corrected chi connectivity index (χ0v) is 20.9. The van der Waals surface area contributed by atoms with Crippen LogP contribution in [0.15, 0.2) is 73.2 Å². The van der Waals surface area contributed by atoms with Crippen molar-refractivity contribution in [3.63, 3.8) is 0 Å². The van der Waals surface area contributed by atoms with E-state index in [9.17, 15) is 4.79 Å². The molecule has 0 spiro atoms. The first-order valence-corrected chi connectivity index (χ1v) is 14.6. The summed E-state index contributed by atoms with van der Waals surface area (Å²) in [4.78, 5) is 26.5. The molecule has 1 fully saturated rings. The number of hydrogen-bond donors (Lipinski definition) is 0. The van der Waals surface area contributed by atoms with Crippen LogP contribution in [0.5, 0.6) is 0 Å². The smallest absolute Gasteiger partial charge is 0.200 e. The van der Waals surface area contributed by atoms with Gasteiger partial charge in [-0.2, -0.15) is 0 Å². The summed E-state index contributed by atoms with van der Waals surface area (Å²) in [7, 11) is 0. The van der Waals surface area contributed by atoms with Gasteiger partial charge >= 0.3 is 0 Å². The van der Waals surface area contributed by atoms with Crippen molar-refractivity contribution in [2.24, 2.45) is 0 Å². The monoisotopic (exact) mass is 499 g/mol. The highest BCUT2D eigenvalue weighted by Gasteiger charge is 2.37. The number of hydrogen-bond acceptors (Lipinski definition) is 8. The van der Waals surface area contributed by atoms with Crippen LogP contribution in [0.2, 0.25) is 0 Å². The minimum absolute atomic E-state index is 0.0188. The quantitative estimate of drug-likeness (QED) is 0.237. The van der Waals surface area contributed by atoms with Gasteiger partial charge in [-0.25, -0.2) is 0 Å². The SMILES string of the molecule is O=C(c1ccccn1)C(SCCCSC1(c2ccccn2)SCCCS1)c1ccccn1. The molecule has 3 aromatic heterocycles. The van der Waals surface area contributed by atoms with Gasteiger partial charge in [0.15, 0.2) is 5.78 Å². The number of ketones is 1. The summed E-state index contributed by atoms with van der Waals surface area (Å²) >= 11 is 7.67. The van der Waals surface area contributed by atoms with E-state index in [0.29, 0.717) is 5.69 Å². The molecule has 0 saturated carbocycles. The lowest BCUT2D eigenvalue weighted by atomic mass is 10.1. The molecule has 1 aliphatic rings. The summed E-state index contributed by atoms with van der Waals surface area (Å²) in [5.74, 6) is 4.28. The molecule has 3 aromatic rings. The normalized spacial score (nSPS) is 16.4. The Morgan fingerprint density at radius 3 is 2.28 bits per heavy atom. The van der Waals surface area contributed by atoms with Gasteiger partial charge in [-0.15, -0.1) is 47.0 Å². The van der Waals surface area contributed by atoms with E-state index in [2.05, 4.69) is 27.1 Å². The van der Waals surface area contributed by atoms with Gasteiger partial charge in [-0.05, 0) is 72.3 Å². The fraction of sp³-hybridized carbons (Fsp3) is 0.333. The van der Waals surface area contributed by atoms with Crippen LogP contribution in [-0.4, -0.2) is 43.7 Å². The second-order valence-corrected chi connectivity index (χ2v) is 13.0. The first-order valence-electron chi connectivity index (χ1n) is 10.6. The van der Waals surface area contributed by atoms with E-state index >= 15 is 0 Å². The predicted molar refractivity (Wildman–Crippen MR) is 141 cm³/mol. The number of rotatable bonds is 10. The van der Waals surface area contributed by atoms with Gasteiger partial charge in [0.25, 0.3) is 0 Å². The fourth-order valence-corrected chi connectivity index (χ4v) is 9.77. The van der Waals surface area contributed by atoms with E-state index in [-0.39, 0.29) is 14.4 Å². The van der Waals surface area contributed by atoms with E-state index in [1.807, 2.05) is 77.9 Å². The lowest BCUT2D eigenvalue weighted by Gasteiger charge is -2.34. The van der Waals surface area contributed by atoms with Gasteiger partial charge < -0.3 is 0 Å². The number of thioether (sulfide) groups is 4. The maximum absolute atomic E-state index is 13.1. The molecule has 0 amide bonds. The Morgan fingerprint density at radius 1 is 0.906 bits per heavy atom. The van der Waals surface area contributed by atoms with Crippen LogP contribution in [0.25, 0.3) is 0 Å². The minimum atomic E-state index is -0.334. The molecule has 0 N–H and O–H groups in total. The largest absolute Gasteiger partial charge is 0.291 e. The number of carbonyl (C=O) groups excluding carboxylic acids is 1. The molecule has 8 heteroatoms. The molecule has 32 heavy (non-hydrogen) atoms. The Kier molecular flexibility index (Phi) is 8.96. The van der Waals surface area contributed by atoms with Crippen molar-refractivity contribution >= 4 is 52.8 Å². The van der Waals surface area contributed by atoms with Crippen LogP contribution >= 0.6 is 47.0 Å². The minimum Gasteiger partial charge on any atom is -0.291 e. The number of Topliss-reactive ketones (excluding diaryl/α,β-unsaturated/α-hetero) is 1. The Bertz CT molecular complexity index is 970. The van der Waals surface area contributed by atoms with E-state index in [4.69, 9.17) is 0 Å². The number of pyridine rings is 3. The lowest BCUT2D eigenvalue weighted by Crippen LogP contribution is -2.21. The Morgan fingerprint density at radius 2 is 1.62 bits per heavy atom. The van der Waals surface area contributed by atoms with Crippen LogP contribution < -0.4 is 0 Å². The van der Waals surface area contributed by atoms with Gasteiger partial charge in [0.05, 0.1) is 11.4 Å².